The van der Waals surface area contributed by atoms with E-state index in [2.05, 4.69) is 15.8 Å². The van der Waals surface area contributed by atoms with Crippen LogP contribution < -0.4 is 25.1 Å². The summed E-state index contributed by atoms with van der Waals surface area (Å²) in [5.41, 5.74) is 3.49. The average Bonchev–Trinajstić information content (AvgIpc) is 2.67. The second kappa shape index (κ2) is 10.8. The van der Waals surface area contributed by atoms with Crippen LogP contribution in [0.25, 0.3) is 0 Å². The first-order chi connectivity index (χ1) is 12.6. The summed E-state index contributed by atoms with van der Waals surface area (Å²) in [6, 6.07) is 3.31. The van der Waals surface area contributed by atoms with Crippen molar-refractivity contribution in [2.24, 2.45) is 5.10 Å². The molecule has 0 amide bonds. The molecular weight excluding hydrogens is 356 g/mol. The normalized spacial score (nSPS) is 15.0. The molecule has 0 saturated carbocycles. The molecule has 9 heteroatoms. The van der Waals surface area contributed by atoms with Crippen molar-refractivity contribution in [2.45, 2.75) is 6.42 Å². The predicted molar refractivity (Wildman–Crippen MR) is 104 cm³/mol. The Morgan fingerprint density at radius 1 is 1.31 bits per heavy atom. The molecule has 1 aliphatic heterocycles. The second-order valence-electron chi connectivity index (χ2n) is 5.87. The first-order valence-corrected chi connectivity index (χ1v) is 8.98. The number of rotatable bonds is 8. The molecule has 144 valence electrons. The van der Waals surface area contributed by atoms with Gasteiger partial charge in [0.25, 0.3) is 0 Å². The Balaban J connectivity index is 1.72. The van der Waals surface area contributed by atoms with Crippen LogP contribution in [-0.2, 0) is 4.74 Å². The van der Waals surface area contributed by atoms with Gasteiger partial charge in [0.2, 0.25) is 5.75 Å². The maximum atomic E-state index is 9.89. The van der Waals surface area contributed by atoms with Gasteiger partial charge in [-0.2, -0.15) is 5.10 Å². The summed E-state index contributed by atoms with van der Waals surface area (Å²) >= 11 is 5.21. The summed E-state index contributed by atoms with van der Waals surface area (Å²) < 4.78 is 15.6. The summed E-state index contributed by atoms with van der Waals surface area (Å²) in [6.45, 7) is 5.76. The van der Waals surface area contributed by atoms with Gasteiger partial charge >= 0.3 is 0 Å². The summed E-state index contributed by atoms with van der Waals surface area (Å²) in [5, 5.41) is 17.6. The molecule has 0 aliphatic carbocycles. The smallest absolute Gasteiger partial charge is 0.200 e. The quantitative estimate of drug-likeness (QED) is 0.209. The summed E-state index contributed by atoms with van der Waals surface area (Å²) in [7, 11) is 2.96. The van der Waals surface area contributed by atoms with Crippen molar-refractivity contribution in [1.29, 1.82) is 0 Å². The molecule has 0 atom stereocenters. The number of aromatic hydroxyl groups is 1. The Morgan fingerprint density at radius 3 is 2.58 bits per heavy atom. The highest BCUT2D eigenvalue weighted by Crippen LogP contribution is 2.36. The first kappa shape index (κ1) is 20.2. The third kappa shape index (κ3) is 6.32. The molecule has 1 aromatic rings. The third-order valence-corrected chi connectivity index (χ3v) is 4.31. The van der Waals surface area contributed by atoms with Crippen LogP contribution >= 0.6 is 12.2 Å². The van der Waals surface area contributed by atoms with Crippen LogP contribution in [0.5, 0.6) is 17.2 Å². The highest BCUT2D eigenvalue weighted by molar-refractivity contribution is 7.80. The second-order valence-corrected chi connectivity index (χ2v) is 6.27. The van der Waals surface area contributed by atoms with Crippen molar-refractivity contribution < 1.29 is 24.2 Å². The molecule has 1 heterocycles. The number of hydrogen-bond donors (Lipinski definition) is 4. The van der Waals surface area contributed by atoms with Crippen LogP contribution in [0.3, 0.4) is 0 Å². The molecule has 1 fully saturated rings. The van der Waals surface area contributed by atoms with Crippen LogP contribution in [0.2, 0.25) is 0 Å². The number of phenolic OH excluding ortho intramolecular Hbond substituents is 1. The number of benzene rings is 1. The SMILES string of the molecule is COc1cc(/C=N/NC(=S)NCCC[NH+]2CCOCC2)cc(OC)c1O. The molecule has 1 aromatic carbocycles. The Morgan fingerprint density at radius 2 is 1.96 bits per heavy atom. The van der Waals surface area contributed by atoms with Crippen LogP contribution in [0.15, 0.2) is 17.2 Å². The number of ether oxygens (including phenoxy) is 3. The molecule has 0 aromatic heterocycles. The highest BCUT2D eigenvalue weighted by Gasteiger charge is 2.12. The van der Waals surface area contributed by atoms with Gasteiger partial charge < -0.3 is 29.5 Å². The van der Waals surface area contributed by atoms with Crippen molar-refractivity contribution in [1.82, 2.24) is 10.7 Å². The minimum atomic E-state index is -0.0419. The van der Waals surface area contributed by atoms with Gasteiger partial charge in [0.1, 0.15) is 13.1 Å². The molecule has 0 bridgehead atoms. The molecule has 26 heavy (non-hydrogen) atoms. The van der Waals surface area contributed by atoms with E-state index in [1.165, 1.54) is 14.2 Å². The number of methoxy groups -OCH3 is 2. The van der Waals surface area contributed by atoms with E-state index >= 15 is 0 Å². The van der Waals surface area contributed by atoms with Crippen molar-refractivity contribution in [3.63, 3.8) is 0 Å². The third-order valence-electron chi connectivity index (χ3n) is 4.07. The van der Waals surface area contributed by atoms with Crippen LogP contribution in [0.4, 0.5) is 0 Å². The van der Waals surface area contributed by atoms with E-state index < -0.39 is 0 Å². The number of nitrogens with zero attached hydrogens (tertiary/aromatic N) is 1. The van der Waals surface area contributed by atoms with Gasteiger partial charge in [-0.05, 0) is 24.4 Å². The van der Waals surface area contributed by atoms with E-state index in [1.54, 1.807) is 23.2 Å². The van der Waals surface area contributed by atoms with Gasteiger partial charge in [0, 0.05) is 18.5 Å². The van der Waals surface area contributed by atoms with Gasteiger partial charge in [-0.3, -0.25) is 5.43 Å². The van der Waals surface area contributed by atoms with E-state index in [0.29, 0.717) is 22.2 Å². The lowest BCUT2D eigenvalue weighted by Crippen LogP contribution is -3.14. The van der Waals surface area contributed by atoms with Crippen molar-refractivity contribution in [3.05, 3.63) is 17.7 Å². The lowest BCUT2D eigenvalue weighted by molar-refractivity contribution is -0.908. The number of morpholine rings is 1. The van der Waals surface area contributed by atoms with Gasteiger partial charge in [-0.25, -0.2) is 0 Å². The monoisotopic (exact) mass is 383 g/mol. The maximum Gasteiger partial charge on any atom is 0.200 e. The fourth-order valence-electron chi connectivity index (χ4n) is 2.64. The maximum absolute atomic E-state index is 9.89. The summed E-state index contributed by atoms with van der Waals surface area (Å²) in [6.07, 6.45) is 2.61. The minimum Gasteiger partial charge on any atom is -0.502 e. The van der Waals surface area contributed by atoms with Crippen LogP contribution in [-0.4, -0.2) is 70.0 Å². The Kier molecular flexibility index (Phi) is 8.39. The Hall–Kier alpha value is -2.10. The van der Waals surface area contributed by atoms with Gasteiger partial charge in [0.15, 0.2) is 16.6 Å². The number of hydrazone groups is 1. The largest absolute Gasteiger partial charge is 0.502 e. The van der Waals surface area contributed by atoms with Crippen molar-refractivity contribution >= 4 is 23.5 Å². The number of hydrogen-bond acceptors (Lipinski definition) is 6. The van der Waals surface area contributed by atoms with E-state index in [0.717, 1.165) is 45.8 Å². The lowest BCUT2D eigenvalue weighted by atomic mass is 10.2. The minimum absolute atomic E-state index is 0.0419. The van der Waals surface area contributed by atoms with Crippen LogP contribution in [0, 0.1) is 0 Å². The van der Waals surface area contributed by atoms with Crippen molar-refractivity contribution in [3.8, 4) is 17.2 Å². The zero-order valence-electron chi connectivity index (χ0n) is 15.2. The summed E-state index contributed by atoms with van der Waals surface area (Å²) in [4.78, 5) is 1.57. The van der Waals surface area contributed by atoms with Gasteiger partial charge in [-0.1, -0.05) is 0 Å². The highest BCUT2D eigenvalue weighted by atomic mass is 32.1. The molecule has 0 unspecified atom stereocenters. The standard InChI is InChI=1S/C17H26N4O4S/c1-23-14-10-13(11-15(24-2)16(14)22)12-19-20-17(26)18-4-3-5-21-6-8-25-9-7-21/h10-12,22H,3-9H2,1-2H3,(H2,18,20,26)/p+1/b19-12+. The predicted octanol–water partition coefficient (Wildman–Crippen LogP) is -0.487. The van der Waals surface area contributed by atoms with E-state index in [9.17, 15) is 5.11 Å². The molecule has 0 radical (unpaired) electrons. The molecule has 2 rings (SSSR count). The fourth-order valence-corrected chi connectivity index (χ4v) is 2.80. The molecule has 0 spiro atoms. The molecule has 8 nitrogen and oxygen atoms in total. The number of quaternary nitrogens is 1. The van der Waals surface area contributed by atoms with Gasteiger partial charge in [0.05, 0.1) is 40.2 Å². The summed E-state index contributed by atoms with van der Waals surface area (Å²) in [5.74, 6) is 0.592. The molecule has 1 saturated heterocycles. The average molecular weight is 383 g/mol. The van der Waals surface area contributed by atoms with E-state index in [-0.39, 0.29) is 5.75 Å². The van der Waals surface area contributed by atoms with Crippen molar-refractivity contribution in [2.75, 3.05) is 53.6 Å². The first-order valence-electron chi connectivity index (χ1n) is 8.57. The zero-order chi connectivity index (χ0) is 18.8. The van der Waals surface area contributed by atoms with E-state index in [1.807, 2.05) is 0 Å². The molecular formula is C17H27N4O4S+. The molecule has 1 aliphatic rings. The van der Waals surface area contributed by atoms with Crippen LogP contribution in [0.1, 0.15) is 12.0 Å². The number of thiocarbonyl (C=S) groups is 1. The van der Waals surface area contributed by atoms with E-state index in [4.69, 9.17) is 26.4 Å². The number of phenols is 1. The molecule has 4 N–H and O–H groups in total. The topological polar surface area (TPSA) is 88.8 Å². The fraction of sp³-hybridized carbons (Fsp3) is 0.529. The lowest BCUT2D eigenvalue weighted by Gasteiger charge is -2.23. The zero-order valence-corrected chi connectivity index (χ0v) is 16.0. The number of nitrogens with one attached hydrogen (secondary N) is 3. The van der Waals surface area contributed by atoms with Gasteiger partial charge in [-0.15, -0.1) is 0 Å². The Labute approximate surface area is 159 Å². The Bertz CT molecular complexity index is 596.